The van der Waals surface area contributed by atoms with Crippen LogP contribution in [-0.4, -0.2) is 6.54 Å². The molecule has 0 radical (unpaired) electrons. The highest BCUT2D eigenvalue weighted by molar-refractivity contribution is 5.30. The summed E-state index contributed by atoms with van der Waals surface area (Å²) in [6, 6.07) is 2.67. The van der Waals surface area contributed by atoms with Crippen molar-refractivity contribution in [2.45, 2.75) is 19.4 Å². The Labute approximate surface area is 75.8 Å². The van der Waals surface area contributed by atoms with Gasteiger partial charge in [-0.05, 0) is 31.5 Å². The number of benzene rings is 1. The fourth-order valence-corrected chi connectivity index (χ4v) is 1.53. The number of aryl methyl sites for hydroxylation is 1. The first kappa shape index (κ1) is 8.63. The van der Waals surface area contributed by atoms with Gasteiger partial charge in [0.25, 0.3) is 0 Å². The quantitative estimate of drug-likeness (QED) is 0.704. The van der Waals surface area contributed by atoms with E-state index < -0.39 is 11.6 Å². The molecule has 1 nitrogen and oxygen atoms in total. The first-order valence-corrected chi connectivity index (χ1v) is 4.38. The van der Waals surface area contributed by atoms with Crippen LogP contribution in [0.25, 0.3) is 0 Å². The van der Waals surface area contributed by atoms with Gasteiger partial charge in [0.2, 0.25) is 0 Å². The van der Waals surface area contributed by atoms with Crippen molar-refractivity contribution in [2.24, 2.45) is 0 Å². The molecule has 0 spiro atoms. The van der Waals surface area contributed by atoms with Crippen molar-refractivity contribution in [1.82, 2.24) is 5.32 Å². The second-order valence-corrected chi connectivity index (χ2v) is 3.39. The molecule has 1 aliphatic rings. The van der Waals surface area contributed by atoms with E-state index in [0.717, 1.165) is 13.0 Å². The smallest absolute Gasteiger partial charge is 0.133 e. The first-order valence-electron chi connectivity index (χ1n) is 4.38. The zero-order chi connectivity index (χ0) is 9.42. The zero-order valence-electron chi connectivity index (χ0n) is 7.40. The number of hydrogen-bond acceptors (Lipinski definition) is 1. The summed E-state index contributed by atoms with van der Waals surface area (Å²) >= 11 is 0. The van der Waals surface area contributed by atoms with Crippen molar-refractivity contribution < 1.29 is 8.78 Å². The Morgan fingerprint density at radius 1 is 1.38 bits per heavy atom. The van der Waals surface area contributed by atoms with Crippen molar-refractivity contribution in [3.8, 4) is 0 Å². The maximum atomic E-state index is 13.5. The van der Waals surface area contributed by atoms with E-state index in [1.165, 1.54) is 12.1 Å². The topological polar surface area (TPSA) is 12.0 Å². The van der Waals surface area contributed by atoms with Crippen LogP contribution in [0.2, 0.25) is 0 Å². The largest absolute Gasteiger partial charge is 0.310 e. The van der Waals surface area contributed by atoms with Gasteiger partial charge in [0.15, 0.2) is 0 Å². The summed E-state index contributed by atoms with van der Waals surface area (Å²) in [6.45, 7) is 2.49. The van der Waals surface area contributed by atoms with Crippen LogP contribution in [0.4, 0.5) is 8.78 Å². The molecule has 0 amide bonds. The average molecular weight is 183 g/mol. The molecule has 1 saturated heterocycles. The fraction of sp³-hybridized carbons (Fsp3) is 0.400. The second kappa shape index (κ2) is 3.07. The molecule has 13 heavy (non-hydrogen) atoms. The summed E-state index contributed by atoms with van der Waals surface area (Å²) in [6.07, 6.45) is 0.817. The molecular weight excluding hydrogens is 172 g/mol. The zero-order valence-corrected chi connectivity index (χ0v) is 7.40. The first-order chi connectivity index (χ1) is 6.20. The minimum atomic E-state index is -0.444. The van der Waals surface area contributed by atoms with Crippen LogP contribution in [0.15, 0.2) is 12.1 Å². The normalized spacial score (nSPS) is 21.3. The van der Waals surface area contributed by atoms with Gasteiger partial charge < -0.3 is 5.32 Å². The summed E-state index contributed by atoms with van der Waals surface area (Å²) in [5.74, 6) is -0.850. The lowest BCUT2D eigenvalue weighted by Crippen LogP contribution is -2.36. The van der Waals surface area contributed by atoms with E-state index in [2.05, 4.69) is 5.32 Å². The summed E-state index contributed by atoms with van der Waals surface area (Å²) in [5, 5.41) is 2.99. The van der Waals surface area contributed by atoms with Gasteiger partial charge in [-0.3, -0.25) is 0 Å². The number of halogens is 2. The Morgan fingerprint density at radius 3 is 2.62 bits per heavy atom. The summed E-state index contributed by atoms with van der Waals surface area (Å²) in [4.78, 5) is 0. The minimum absolute atomic E-state index is 0.125. The van der Waals surface area contributed by atoms with Crippen LogP contribution in [0.1, 0.15) is 23.6 Å². The lowest BCUT2D eigenvalue weighted by Gasteiger charge is -2.28. The standard InChI is InChI=1S/C10H11F2N/c1-6-2-3-7(11)9(10(6)12)8-4-5-13-8/h2-3,8,13H,4-5H2,1H3/t8-/m1/s1. The predicted molar refractivity (Wildman–Crippen MR) is 46.5 cm³/mol. The number of rotatable bonds is 1. The predicted octanol–water partition coefficient (Wildman–Crippen LogP) is 2.31. The minimum Gasteiger partial charge on any atom is -0.310 e. The van der Waals surface area contributed by atoms with E-state index >= 15 is 0 Å². The SMILES string of the molecule is Cc1ccc(F)c([C@H]2CCN2)c1F. The highest BCUT2D eigenvalue weighted by Crippen LogP contribution is 2.28. The van der Waals surface area contributed by atoms with Gasteiger partial charge in [0.05, 0.1) is 0 Å². The molecule has 1 aromatic carbocycles. The van der Waals surface area contributed by atoms with E-state index in [-0.39, 0.29) is 11.6 Å². The maximum Gasteiger partial charge on any atom is 0.133 e. The van der Waals surface area contributed by atoms with Crippen LogP contribution in [0, 0.1) is 18.6 Å². The molecule has 0 aliphatic carbocycles. The Balaban J connectivity index is 2.46. The molecule has 0 aromatic heterocycles. The lowest BCUT2D eigenvalue weighted by molar-refractivity contribution is 0.355. The van der Waals surface area contributed by atoms with Gasteiger partial charge in [-0.2, -0.15) is 0 Å². The third-order valence-electron chi connectivity index (χ3n) is 2.49. The lowest BCUT2D eigenvalue weighted by atomic mass is 9.95. The van der Waals surface area contributed by atoms with Crippen LogP contribution in [-0.2, 0) is 0 Å². The van der Waals surface area contributed by atoms with Crippen LogP contribution < -0.4 is 5.32 Å². The van der Waals surface area contributed by atoms with Gasteiger partial charge in [0.1, 0.15) is 11.6 Å². The maximum absolute atomic E-state index is 13.5. The average Bonchev–Trinajstić information content (AvgIpc) is 2.02. The Kier molecular flexibility index (Phi) is 2.04. The van der Waals surface area contributed by atoms with E-state index in [4.69, 9.17) is 0 Å². The monoisotopic (exact) mass is 183 g/mol. The summed E-state index contributed by atoms with van der Waals surface area (Å²) < 4.78 is 26.7. The molecule has 0 saturated carbocycles. The van der Waals surface area contributed by atoms with Crippen molar-refractivity contribution in [1.29, 1.82) is 0 Å². The fourth-order valence-electron chi connectivity index (χ4n) is 1.53. The van der Waals surface area contributed by atoms with Crippen molar-refractivity contribution in [2.75, 3.05) is 6.54 Å². The van der Waals surface area contributed by atoms with Gasteiger partial charge in [-0.1, -0.05) is 6.07 Å². The highest BCUT2D eigenvalue weighted by atomic mass is 19.1. The van der Waals surface area contributed by atoms with Crippen molar-refractivity contribution >= 4 is 0 Å². The molecule has 1 aromatic rings. The van der Waals surface area contributed by atoms with E-state index in [1.54, 1.807) is 6.92 Å². The van der Waals surface area contributed by atoms with E-state index in [1.807, 2.05) is 0 Å². The van der Waals surface area contributed by atoms with Crippen molar-refractivity contribution in [3.63, 3.8) is 0 Å². The van der Waals surface area contributed by atoms with Crippen LogP contribution in [0.5, 0.6) is 0 Å². The van der Waals surface area contributed by atoms with E-state index in [0.29, 0.717) is 5.56 Å². The second-order valence-electron chi connectivity index (χ2n) is 3.39. The summed E-state index contributed by atoms with van der Waals surface area (Å²) in [5.41, 5.74) is 0.705. The molecule has 1 N–H and O–H groups in total. The molecule has 2 rings (SSSR count). The Hall–Kier alpha value is -0.960. The van der Waals surface area contributed by atoms with Crippen LogP contribution in [0.3, 0.4) is 0 Å². The molecule has 3 heteroatoms. The van der Waals surface area contributed by atoms with Crippen molar-refractivity contribution in [3.05, 3.63) is 34.9 Å². The Morgan fingerprint density at radius 2 is 2.08 bits per heavy atom. The third-order valence-corrected chi connectivity index (χ3v) is 2.49. The number of hydrogen-bond donors (Lipinski definition) is 1. The Bertz CT molecular complexity index is 332. The molecule has 0 bridgehead atoms. The van der Waals surface area contributed by atoms with Gasteiger partial charge in [-0.25, -0.2) is 8.78 Å². The number of nitrogens with one attached hydrogen (secondary N) is 1. The molecular formula is C10H11F2N. The molecule has 1 heterocycles. The molecule has 1 atom stereocenters. The molecule has 1 aliphatic heterocycles. The molecule has 70 valence electrons. The van der Waals surface area contributed by atoms with E-state index in [9.17, 15) is 8.78 Å². The van der Waals surface area contributed by atoms with Gasteiger partial charge in [-0.15, -0.1) is 0 Å². The summed E-state index contributed by atoms with van der Waals surface area (Å²) in [7, 11) is 0. The molecule has 1 fully saturated rings. The van der Waals surface area contributed by atoms with Crippen LogP contribution >= 0.6 is 0 Å². The highest BCUT2D eigenvalue weighted by Gasteiger charge is 2.25. The molecule has 0 unspecified atom stereocenters. The van der Waals surface area contributed by atoms with Gasteiger partial charge in [0, 0.05) is 11.6 Å². The third kappa shape index (κ3) is 1.33. The van der Waals surface area contributed by atoms with Gasteiger partial charge >= 0.3 is 0 Å².